The molecule has 1 unspecified atom stereocenters. The van der Waals surface area contributed by atoms with Crippen LogP contribution < -0.4 is 10.9 Å². The van der Waals surface area contributed by atoms with Gasteiger partial charge >= 0.3 is 0 Å². The SMILES string of the molecule is O=c1[nH]nc(-c2ccc(F)cc2)c2c1Nc1nnnn1C2c1ccccc1. The lowest BCUT2D eigenvalue weighted by Crippen LogP contribution is -2.29. The van der Waals surface area contributed by atoms with Crippen molar-refractivity contribution in [2.24, 2.45) is 0 Å². The second kappa shape index (κ2) is 5.84. The van der Waals surface area contributed by atoms with Gasteiger partial charge in [-0.3, -0.25) is 4.79 Å². The highest BCUT2D eigenvalue weighted by Crippen LogP contribution is 2.40. The standard InChI is InChI=1S/C18H12FN7O/c19-12-8-6-10(7-9-12)14-13-15(17(27)22-21-14)20-18-23-24-25-26(18)16(13)11-4-2-1-3-5-11/h1-9,16H,(H,22,27)(H,20,23,25). The van der Waals surface area contributed by atoms with Gasteiger partial charge in [-0.05, 0) is 40.3 Å². The molecule has 2 aromatic carbocycles. The van der Waals surface area contributed by atoms with Gasteiger partial charge in [0.1, 0.15) is 17.5 Å². The molecule has 3 heterocycles. The van der Waals surface area contributed by atoms with Crippen molar-refractivity contribution in [1.29, 1.82) is 0 Å². The second-order valence-corrected chi connectivity index (χ2v) is 6.08. The van der Waals surface area contributed by atoms with Gasteiger partial charge in [-0.25, -0.2) is 9.49 Å². The maximum absolute atomic E-state index is 13.4. The average molecular weight is 361 g/mol. The van der Waals surface area contributed by atoms with Gasteiger partial charge in [-0.1, -0.05) is 35.4 Å². The highest BCUT2D eigenvalue weighted by molar-refractivity contribution is 5.75. The molecule has 0 amide bonds. The summed E-state index contributed by atoms with van der Waals surface area (Å²) in [5.74, 6) is 0.00986. The van der Waals surface area contributed by atoms with Crippen LogP contribution in [0.5, 0.6) is 0 Å². The molecule has 132 valence electrons. The van der Waals surface area contributed by atoms with E-state index in [1.54, 1.807) is 16.8 Å². The van der Waals surface area contributed by atoms with E-state index in [-0.39, 0.29) is 11.4 Å². The first kappa shape index (κ1) is 15.4. The third kappa shape index (κ3) is 2.40. The Kier molecular flexibility index (Phi) is 3.32. The van der Waals surface area contributed by atoms with E-state index < -0.39 is 6.04 Å². The summed E-state index contributed by atoms with van der Waals surface area (Å²) < 4.78 is 15.0. The molecule has 0 spiro atoms. The number of halogens is 1. The molecule has 1 aliphatic heterocycles. The van der Waals surface area contributed by atoms with Crippen LogP contribution in [0.1, 0.15) is 17.2 Å². The van der Waals surface area contributed by atoms with Crippen molar-refractivity contribution in [2.45, 2.75) is 6.04 Å². The zero-order valence-corrected chi connectivity index (χ0v) is 13.8. The van der Waals surface area contributed by atoms with Crippen LogP contribution in [-0.2, 0) is 0 Å². The Balaban J connectivity index is 1.82. The Morgan fingerprint density at radius 3 is 2.59 bits per heavy atom. The van der Waals surface area contributed by atoms with E-state index in [0.717, 1.165) is 5.56 Å². The lowest BCUT2D eigenvalue weighted by Gasteiger charge is -2.27. The minimum absolute atomic E-state index is 0.320. The predicted octanol–water partition coefficient (Wildman–Crippen LogP) is 2.26. The Morgan fingerprint density at radius 1 is 1.04 bits per heavy atom. The van der Waals surface area contributed by atoms with Crippen LogP contribution in [0.15, 0.2) is 59.4 Å². The van der Waals surface area contributed by atoms with E-state index in [9.17, 15) is 9.18 Å². The van der Waals surface area contributed by atoms with E-state index >= 15 is 0 Å². The molecule has 1 aliphatic rings. The summed E-state index contributed by atoms with van der Waals surface area (Å²) >= 11 is 0. The molecular formula is C18H12FN7O. The van der Waals surface area contributed by atoms with E-state index in [1.807, 2.05) is 30.3 Å². The van der Waals surface area contributed by atoms with Crippen LogP contribution in [0.25, 0.3) is 11.3 Å². The summed E-state index contributed by atoms with van der Waals surface area (Å²) in [5, 5.41) is 21.5. The molecule has 0 bridgehead atoms. The zero-order valence-electron chi connectivity index (χ0n) is 13.8. The third-order valence-corrected chi connectivity index (χ3v) is 4.50. The zero-order chi connectivity index (χ0) is 18.4. The number of anilines is 2. The van der Waals surface area contributed by atoms with E-state index in [0.29, 0.717) is 28.5 Å². The predicted molar refractivity (Wildman–Crippen MR) is 95.0 cm³/mol. The Morgan fingerprint density at radius 2 is 1.81 bits per heavy atom. The maximum Gasteiger partial charge on any atom is 0.288 e. The molecule has 0 aliphatic carbocycles. The Bertz CT molecular complexity index is 1180. The van der Waals surface area contributed by atoms with Gasteiger partial charge < -0.3 is 5.32 Å². The highest BCUT2D eigenvalue weighted by Gasteiger charge is 2.34. The van der Waals surface area contributed by atoms with Crippen molar-refractivity contribution in [3.8, 4) is 11.3 Å². The van der Waals surface area contributed by atoms with Crippen molar-refractivity contribution in [1.82, 2.24) is 30.4 Å². The fourth-order valence-electron chi connectivity index (χ4n) is 3.31. The van der Waals surface area contributed by atoms with Gasteiger partial charge in [0.2, 0.25) is 5.95 Å². The lowest BCUT2D eigenvalue weighted by atomic mass is 9.92. The molecule has 2 aromatic heterocycles. The number of H-pyrrole nitrogens is 1. The second-order valence-electron chi connectivity index (χ2n) is 6.08. The summed E-state index contributed by atoms with van der Waals surface area (Å²) in [7, 11) is 0. The third-order valence-electron chi connectivity index (χ3n) is 4.50. The van der Waals surface area contributed by atoms with Gasteiger partial charge in [0.15, 0.2) is 0 Å². The van der Waals surface area contributed by atoms with Crippen LogP contribution in [0.3, 0.4) is 0 Å². The fourth-order valence-corrected chi connectivity index (χ4v) is 3.31. The van der Waals surface area contributed by atoms with Crippen molar-refractivity contribution >= 4 is 11.6 Å². The Labute approximate surface area is 151 Å². The monoisotopic (exact) mass is 361 g/mol. The van der Waals surface area contributed by atoms with Crippen LogP contribution in [0.2, 0.25) is 0 Å². The van der Waals surface area contributed by atoms with Crippen LogP contribution in [0.4, 0.5) is 16.0 Å². The first-order valence-electron chi connectivity index (χ1n) is 8.21. The largest absolute Gasteiger partial charge is 0.318 e. The number of aromatic nitrogens is 6. The van der Waals surface area contributed by atoms with Gasteiger partial charge in [0, 0.05) is 11.1 Å². The molecule has 0 fully saturated rings. The summed E-state index contributed by atoms with van der Waals surface area (Å²) in [6, 6.07) is 15.1. The van der Waals surface area contributed by atoms with Gasteiger partial charge in [0.05, 0.1) is 5.69 Å². The number of fused-ring (bicyclic) bond motifs is 2. The first-order chi connectivity index (χ1) is 13.2. The van der Waals surface area contributed by atoms with E-state index in [4.69, 9.17) is 0 Å². The molecule has 5 rings (SSSR count). The number of hydrogen-bond donors (Lipinski definition) is 2. The summed E-state index contributed by atoms with van der Waals surface area (Å²) in [6.07, 6.45) is 0. The molecule has 2 N–H and O–H groups in total. The lowest BCUT2D eigenvalue weighted by molar-refractivity contribution is 0.567. The average Bonchev–Trinajstić information content (AvgIpc) is 3.17. The van der Waals surface area contributed by atoms with E-state index in [1.165, 1.54) is 12.1 Å². The number of aromatic amines is 1. The normalized spacial score (nSPS) is 14.9. The van der Waals surface area contributed by atoms with Crippen molar-refractivity contribution in [2.75, 3.05) is 5.32 Å². The summed E-state index contributed by atoms with van der Waals surface area (Å²) in [5.41, 5.74) is 2.64. The fraction of sp³-hybridized carbons (Fsp3) is 0.0556. The van der Waals surface area contributed by atoms with E-state index in [2.05, 4.69) is 31.0 Å². The molecule has 9 heteroatoms. The van der Waals surface area contributed by atoms with Crippen molar-refractivity contribution in [3.63, 3.8) is 0 Å². The van der Waals surface area contributed by atoms with Crippen LogP contribution in [0, 0.1) is 5.82 Å². The molecule has 0 saturated heterocycles. The number of nitrogens with zero attached hydrogens (tertiary/aromatic N) is 5. The highest BCUT2D eigenvalue weighted by atomic mass is 19.1. The van der Waals surface area contributed by atoms with Gasteiger partial charge in [0.25, 0.3) is 5.56 Å². The summed E-state index contributed by atoms with van der Waals surface area (Å²) in [4.78, 5) is 12.5. The summed E-state index contributed by atoms with van der Waals surface area (Å²) in [6.45, 7) is 0. The molecule has 0 saturated carbocycles. The molecular weight excluding hydrogens is 349 g/mol. The smallest absolute Gasteiger partial charge is 0.288 e. The quantitative estimate of drug-likeness (QED) is 0.500. The number of rotatable bonds is 2. The minimum atomic E-state index is -0.456. The Hall–Kier alpha value is -3.88. The maximum atomic E-state index is 13.4. The van der Waals surface area contributed by atoms with Crippen molar-refractivity contribution < 1.29 is 4.39 Å². The van der Waals surface area contributed by atoms with Gasteiger partial charge in [-0.15, -0.1) is 0 Å². The molecule has 0 radical (unpaired) electrons. The molecule has 4 aromatic rings. The molecule has 8 nitrogen and oxygen atoms in total. The topological polar surface area (TPSA) is 101 Å². The number of hydrogen-bond acceptors (Lipinski definition) is 6. The van der Waals surface area contributed by atoms with Crippen LogP contribution in [-0.4, -0.2) is 30.4 Å². The number of benzene rings is 2. The number of nitrogens with one attached hydrogen (secondary N) is 2. The minimum Gasteiger partial charge on any atom is -0.318 e. The van der Waals surface area contributed by atoms with Crippen LogP contribution >= 0.6 is 0 Å². The molecule has 27 heavy (non-hydrogen) atoms. The number of tetrazole rings is 1. The van der Waals surface area contributed by atoms with Gasteiger partial charge in [-0.2, -0.15) is 9.78 Å². The first-order valence-corrected chi connectivity index (χ1v) is 8.21. The van der Waals surface area contributed by atoms with Crippen molar-refractivity contribution in [3.05, 3.63) is 81.9 Å². The molecule has 1 atom stereocenters.